The van der Waals surface area contributed by atoms with Crippen LogP contribution < -0.4 is 10.2 Å². The van der Waals surface area contributed by atoms with Crippen LogP contribution in [0.4, 0.5) is 10.1 Å². The fraction of sp³-hybridized carbons (Fsp3) is 0.400. The van der Waals surface area contributed by atoms with Gasteiger partial charge in [-0.3, -0.25) is 0 Å². The average Bonchev–Trinajstić information content (AvgIpc) is 2.61. The summed E-state index contributed by atoms with van der Waals surface area (Å²) in [6.45, 7) is 4.86. The van der Waals surface area contributed by atoms with Crippen LogP contribution >= 0.6 is 0 Å². The maximum Gasteiger partial charge on any atom is 0.123 e. The molecule has 0 aromatic heterocycles. The van der Waals surface area contributed by atoms with E-state index in [4.69, 9.17) is 0 Å². The highest BCUT2D eigenvalue weighted by atomic mass is 19.1. The molecule has 0 spiro atoms. The minimum atomic E-state index is -0.169. The third-order valence-electron chi connectivity index (χ3n) is 4.76. The Bertz CT molecular complexity index is 681. The Morgan fingerprint density at radius 2 is 1.88 bits per heavy atom. The van der Waals surface area contributed by atoms with Gasteiger partial charge in [0.25, 0.3) is 0 Å². The van der Waals surface area contributed by atoms with E-state index in [9.17, 15) is 9.50 Å². The Morgan fingerprint density at radius 3 is 2.58 bits per heavy atom. The molecule has 2 aromatic carbocycles. The minimum Gasteiger partial charge on any atom is -0.392 e. The summed E-state index contributed by atoms with van der Waals surface area (Å²) in [6.07, 6.45) is 2.16. The largest absolute Gasteiger partial charge is 0.392 e. The Hall–Kier alpha value is -1.91. The van der Waals surface area contributed by atoms with Crippen molar-refractivity contribution in [3.05, 3.63) is 65.0 Å². The minimum absolute atomic E-state index is 0.0866. The van der Waals surface area contributed by atoms with E-state index in [0.717, 1.165) is 49.3 Å². The van der Waals surface area contributed by atoms with Gasteiger partial charge >= 0.3 is 0 Å². The number of aryl methyl sites for hydroxylation is 1. The second kappa shape index (κ2) is 7.77. The van der Waals surface area contributed by atoms with Crippen LogP contribution in [0.5, 0.6) is 0 Å². The van der Waals surface area contributed by atoms with Crippen molar-refractivity contribution in [2.75, 3.05) is 18.0 Å². The first-order valence-electron chi connectivity index (χ1n) is 8.59. The lowest BCUT2D eigenvalue weighted by Gasteiger charge is -2.35. The van der Waals surface area contributed by atoms with Crippen LogP contribution in [0, 0.1) is 12.7 Å². The normalized spacial score (nSPS) is 15.7. The van der Waals surface area contributed by atoms with Crippen LogP contribution in [0.2, 0.25) is 0 Å². The summed E-state index contributed by atoms with van der Waals surface area (Å²) in [4.78, 5) is 2.35. The van der Waals surface area contributed by atoms with Gasteiger partial charge in [0.2, 0.25) is 0 Å². The molecule has 0 bridgehead atoms. The van der Waals surface area contributed by atoms with Crippen molar-refractivity contribution in [1.29, 1.82) is 0 Å². The number of piperidine rings is 1. The number of rotatable bonds is 5. The maximum atomic E-state index is 13.2. The number of hydrogen-bond donors (Lipinski definition) is 2. The van der Waals surface area contributed by atoms with Gasteiger partial charge in [0.15, 0.2) is 0 Å². The van der Waals surface area contributed by atoms with Gasteiger partial charge in [-0.1, -0.05) is 24.3 Å². The highest BCUT2D eigenvalue weighted by Crippen LogP contribution is 2.24. The molecule has 0 unspecified atom stereocenters. The highest BCUT2D eigenvalue weighted by molar-refractivity contribution is 5.53. The summed E-state index contributed by atoms with van der Waals surface area (Å²) in [7, 11) is 0. The number of aliphatic hydroxyl groups excluding tert-OH is 1. The predicted molar refractivity (Wildman–Crippen MR) is 95.6 cm³/mol. The molecule has 1 heterocycles. The van der Waals surface area contributed by atoms with Gasteiger partial charge in [0, 0.05) is 31.4 Å². The van der Waals surface area contributed by atoms with Crippen molar-refractivity contribution in [1.82, 2.24) is 5.32 Å². The van der Waals surface area contributed by atoms with Crippen LogP contribution in [-0.4, -0.2) is 24.2 Å². The third kappa shape index (κ3) is 4.13. The van der Waals surface area contributed by atoms with Crippen molar-refractivity contribution in [2.24, 2.45) is 0 Å². The fourth-order valence-electron chi connectivity index (χ4n) is 3.40. The first-order chi connectivity index (χ1) is 11.7. The Morgan fingerprint density at radius 1 is 1.12 bits per heavy atom. The molecule has 0 saturated carbocycles. The lowest BCUT2D eigenvalue weighted by atomic mass is 10.0. The molecule has 128 valence electrons. The third-order valence-corrected chi connectivity index (χ3v) is 4.76. The molecule has 0 amide bonds. The predicted octanol–water partition coefficient (Wildman–Crippen LogP) is 3.39. The van der Waals surface area contributed by atoms with E-state index in [-0.39, 0.29) is 12.4 Å². The van der Waals surface area contributed by atoms with Crippen LogP contribution in [0.15, 0.2) is 42.5 Å². The summed E-state index contributed by atoms with van der Waals surface area (Å²) in [5.41, 5.74) is 4.31. The van der Waals surface area contributed by atoms with Gasteiger partial charge in [-0.05, 0) is 54.7 Å². The molecule has 0 aliphatic carbocycles. The quantitative estimate of drug-likeness (QED) is 0.883. The van der Waals surface area contributed by atoms with Crippen molar-refractivity contribution in [2.45, 2.75) is 39.0 Å². The molecule has 1 aliphatic heterocycles. The number of hydrogen-bond acceptors (Lipinski definition) is 3. The summed E-state index contributed by atoms with van der Waals surface area (Å²) in [5.74, 6) is -0.169. The van der Waals surface area contributed by atoms with Crippen LogP contribution in [0.3, 0.4) is 0 Å². The van der Waals surface area contributed by atoms with Crippen molar-refractivity contribution in [3.8, 4) is 0 Å². The summed E-state index contributed by atoms with van der Waals surface area (Å²) < 4.78 is 13.2. The molecule has 4 heteroatoms. The van der Waals surface area contributed by atoms with E-state index in [2.05, 4.69) is 16.3 Å². The lowest BCUT2D eigenvalue weighted by molar-refractivity contribution is 0.281. The number of nitrogens with zero attached hydrogens (tertiary/aromatic N) is 1. The standard InChI is InChI=1S/C20H25FN2O/c1-15-11-18(21)5-6-20(15)23-9-7-19(8-10-23)22-13-16-3-2-4-17(12-16)14-24/h2-6,11-12,19,22,24H,7-10,13-14H2,1H3. The van der Waals surface area contributed by atoms with E-state index >= 15 is 0 Å². The Labute approximate surface area is 143 Å². The van der Waals surface area contributed by atoms with Crippen LogP contribution in [-0.2, 0) is 13.2 Å². The number of anilines is 1. The Kier molecular flexibility index (Phi) is 5.48. The van der Waals surface area contributed by atoms with E-state index < -0.39 is 0 Å². The molecule has 2 aromatic rings. The fourth-order valence-corrected chi connectivity index (χ4v) is 3.40. The number of nitrogens with one attached hydrogen (secondary N) is 1. The first kappa shape index (κ1) is 16.9. The van der Waals surface area contributed by atoms with Gasteiger partial charge in [-0.25, -0.2) is 4.39 Å². The van der Waals surface area contributed by atoms with Crippen molar-refractivity contribution < 1.29 is 9.50 Å². The molecule has 1 fully saturated rings. The molecule has 0 radical (unpaired) electrons. The highest BCUT2D eigenvalue weighted by Gasteiger charge is 2.20. The maximum absolute atomic E-state index is 13.2. The van der Waals surface area contributed by atoms with Crippen LogP contribution in [0.1, 0.15) is 29.5 Å². The van der Waals surface area contributed by atoms with E-state index in [1.807, 2.05) is 31.2 Å². The number of benzene rings is 2. The van der Waals surface area contributed by atoms with Gasteiger partial charge in [-0.15, -0.1) is 0 Å². The molecule has 1 aliphatic rings. The van der Waals surface area contributed by atoms with E-state index in [1.54, 1.807) is 12.1 Å². The van der Waals surface area contributed by atoms with E-state index in [0.29, 0.717) is 6.04 Å². The zero-order valence-corrected chi connectivity index (χ0v) is 14.1. The molecular weight excluding hydrogens is 303 g/mol. The topological polar surface area (TPSA) is 35.5 Å². The average molecular weight is 328 g/mol. The number of aliphatic hydroxyl groups is 1. The second-order valence-corrected chi connectivity index (χ2v) is 6.55. The molecular formula is C20H25FN2O. The van der Waals surface area contributed by atoms with Crippen molar-refractivity contribution >= 4 is 5.69 Å². The van der Waals surface area contributed by atoms with Crippen LogP contribution in [0.25, 0.3) is 0 Å². The van der Waals surface area contributed by atoms with E-state index in [1.165, 1.54) is 5.56 Å². The lowest BCUT2D eigenvalue weighted by Crippen LogP contribution is -2.42. The zero-order valence-electron chi connectivity index (χ0n) is 14.1. The summed E-state index contributed by atoms with van der Waals surface area (Å²) in [6, 6.07) is 13.6. The summed E-state index contributed by atoms with van der Waals surface area (Å²) >= 11 is 0. The molecule has 0 atom stereocenters. The van der Waals surface area contributed by atoms with Gasteiger partial charge in [0.05, 0.1) is 6.61 Å². The zero-order chi connectivity index (χ0) is 16.9. The smallest absolute Gasteiger partial charge is 0.123 e. The number of halogens is 1. The molecule has 24 heavy (non-hydrogen) atoms. The molecule has 3 nitrogen and oxygen atoms in total. The first-order valence-corrected chi connectivity index (χ1v) is 8.59. The van der Waals surface area contributed by atoms with Gasteiger partial charge in [-0.2, -0.15) is 0 Å². The van der Waals surface area contributed by atoms with Crippen molar-refractivity contribution in [3.63, 3.8) is 0 Å². The Balaban J connectivity index is 1.51. The molecule has 2 N–H and O–H groups in total. The second-order valence-electron chi connectivity index (χ2n) is 6.55. The SMILES string of the molecule is Cc1cc(F)ccc1N1CCC(NCc2cccc(CO)c2)CC1. The molecule has 1 saturated heterocycles. The van der Waals surface area contributed by atoms with Gasteiger partial charge < -0.3 is 15.3 Å². The van der Waals surface area contributed by atoms with Gasteiger partial charge in [0.1, 0.15) is 5.82 Å². The monoisotopic (exact) mass is 328 g/mol. The molecule has 3 rings (SSSR count). The summed E-state index contributed by atoms with van der Waals surface area (Å²) in [5, 5.41) is 12.8.